The van der Waals surface area contributed by atoms with Crippen LogP contribution in [0.2, 0.25) is 4.47 Å². The highest BCUT2D eigenvalue weighted by atomic mass is 127. The van der Waals surface area contributed by atoms with Crippen molar-refractivity contribution in [2.24, 2.45) is 4.99 Å². The van der Waals surface area contributed by atoms with Crippen molar-refractivity contribution in [2.75, 3.05) is 20.6 Å². The number of likely N-dealkylation sites (N-methyl/N-ethyl adjacent to an activating group) is 1. The second kappa shape index (κ2) is 7.93. The van der Waals surface area contributed by atoms with Crippen molar-refractivity contribution in [3.05, 3.63) is 54.8 Å². The fourth-order valence-electron chi connectivity index (χ4n) is 2.94. The maximum Gasteiger partial charge on any atom is 0.205 e. The van der Waals surface area contributed by atoms with Crippen molar-refractivity contribution in [3.8, 4) is 0 Å². The molecular weight excluding hydrogens is 487 g/mol. The summed E-state index contributed by atoms with van der Waals surface area (Å²) in [6.45, 7) is 0.591. The maximum absolute atomic E-state index is 11.8. The Labute approximate surface area is 174 Å². The highest BCUT2D eigenvalue weighted by molar-refractivity contribution is 14.1. The fourth-order valence-corrected chi connectivity index (χ4v) is 4.52. The first-order valence-electron chi connectivity index (χ1n) is 7.69. The molecule has 6 nitrogen and oxygen atoms in total. The van der Waals surface area contributed by atoms with Crippen molar-refractivity contribution in [2.45, 2.75) is 6.04 Å². The molecule has 1 N–H and O–H groups in total. The van der Waals surface area contributed by atoms with E-state index >= 15 is 0 Å². The van der Waals surface area contributed by atoms with E-state index in [1.807, 2.05) is 30.1 Å². The number of aliphatic hydroxyl groups is 1. The number of aldehydes is 1. The van der Waals surface area contributed by atoms with Crippen LogP contribution >= 0.6 is 45.5 Å². The number of hydrogen-bond acceptors (Lipinski definition) is 5. The third-order valence-electron chi connectivity index (χ3n) is 4.06. The number of nitrogens with zero attached hydrogens (tertiary/aromatic N) is 4. The molecule has 1 unspecified atom stereocenters. The van der Waals surface area contributed by atoms with Gasteiger partial charge in [0.2, 0.25) is 11.8 Å². The Morgan fingerprint density at radius 2 is 2.31 bits per heavy atom. The highest BCUT2D eigenvalue weighted by Crippen LogP contribution is 2.37. The lowest BCUT2D eigenvalue weighted by Gasteiger charge is -2.25. The summed E-state index contributed by atoms with van der Waals surface area (Å²) in [4.78, 5) is 24.7. The number of thiazole rings is 1. The Morgan fingerprint density at radius 3 is 2.88 bits per heavy atom. The Hall–Kier alpha value is -1.65. The number of aromatic nitrogens is 1. The molecule has 0 radical (unpaired) electrons. The number of aliphatic imine (C=N–C) groups is 1. The van der Waals surface area contributed by atoms with E-state index in [0.29, 0.717) is 28.8 Å². The molecular formula is C17H16ClIN4O2S. The van der Waals surface area contributed by atoms with Gasteiger partial charge in [-0.1, -0.05) is 23.7 Å². The summed E-state index contributed by atoms with van der Waals surface area (Å²) in [6, 6.07) is 7.18. The molecule has 3 rings (SSSR count). The zero-order valence-electron chi connectivity index (χ0n) is 14.1. The maximum atomic E-state index is 11.8. The van der Waals surface area contributed by atoms with Gasteiger partial charge in [0.15, 0.2) is 10.8 Å². The molecule has 2 heterocycles. The molecule has 9 heteroatoms. The number of rotatable bonds is 4. The van der Waals surface area contributed by atoms with E-state index < -0.39 is 0 Å². The Bertz CT molecular complexity index is 898. The molecule has 26 heavy (non-hydrogen) atoms. The van der Waals surface area contributed by atoms with Crippen molar-refractivity contribution < 1.29 is 9.90 Å². The van der Waals surface area contributed by atoms with E-state index in [-0.39, 0.29) is 17.5 Å². The number of aliphatic hydroxyl groups excluding tert-OH is 1. The van der Waals surface area contributed by atoms with E-state index in [1.54, 1.807) is 24.2 Å². The van der Waals surface area contributed by atoms with E-state index in [0.717, 1.165) is 8.45 Å². The number of guanidine groups is 1. The summed E-state index contributed by atoms with van der Waals surface area (Å²) < 4.78 is 1.40. The Kier molecular flexibility index (Phi) is 5.83. The van der Waals surface area contributed by atoms with Gasteiger partial charge in [-0.05, 0) is 40.3 Å². The molecule has 1 atom stereocenters. The zero-order valence-corrected chi connectivity index (χ0v) is 17.8. The second-order valence-electron chi connectivity index (χ2n) is 5.67. The molecule has 1 fully saturated rings. The molecule has 0 aliphatic carbocycles. The highest BCUT2D eigenvalue weighted by Gasteiger charge is 2.39. The summed E-state index contributed by atoms with van der Waals surface area (Å²) in [5, 5.41) is 11.0. The predicted molar refractivity (Wildman–Crippen MR) is 112 cm³/mol. The van der Waals surface area contributed by atoms with Crippen LogP contribution in [0.4, 0.5) is 0 Å². The van der Waals surface area contributed by atoms with Gasteiger partial charge in [0.25, 0.3) is 0 Å². The number of carbonyl (C=O) groups is 1. The molecule has 1 aromatic carbocycles. The number of allylic oxidation sites excluding steroid dienone is 1. The molecule has 136 valence electrons. The molecule has 1 saturated heterocycles. The standard InChI is InChI=1S/C17H16ClIN4O2S/c1-20-17-22(2)8-13(14-7-21-16(18)26-14)23(17)15(25)12(9-24)10-4-3-5-11(19)6-10/h3-7,9,13,25H,8H2,1-2H3/b15-12-,20-17+. The van der Waals surface area contributed by atoms with Crippen LogP contribution in [-0.2, 0) is 4.79 Å². The molecule has 0 spiro atoms. The largest absolute Gasteiger partial charge is 0.494 e. The van der Waals surface area contributed by atoms with E-state index in [9.17, 15) is 9.90 Å². The lowest BCUT2D eigenvalue weighted by Crippen LogP contribution is -2.32. The first-order valence-corrected chi connectivity index (χ1v) is 9.96. The molecule has 1 aliphatic heterocycles. The van der Waals surface area contributed by atoms with Crippen molar-refractivity contribution >= 4 is 63.3 Å². The van der Waals surface area contributed by atoms with Gasteiger partial charge in [0.1, 0.15) is 0 Å². The molecule has 0 amide bonds. The molecule has 1 aliphatic rings. The number of halogens is 2. The summed E-state index contributed by atoms with van der Waals surface area (Å²) in [7, 11) is 3.54. The zero-order chi connectivity index (χ0) is 18.8. The summed E-state index contributed by atoms with van der Waals surface area (Å²) in [5.41, 5.74) is 0.857. The Balaban J connectivity index is 2.13. The van der Waals surface area contributed by atoms with Crippen LogP contribution in [0.25, 0.3) is 5.57 Å². The van der Waals surface area contributed by atoms with Crippen molar-refractivity contribution in [1.29, 1.82) is 0 Å². The summed E-state index contributed by atoms with van der Waals surface area (Å²) >= 11 is 9.51. The van der Waals surface area contributed by atoms with Crippen LogP contribution < -0.4 is 0 Å². The van der Waals surface area contributed by atoms with Crippen LogP contribution in [0.15, 0.2) is 41.3 Å². The van der Waals surface area contributed by atoms with Gasteiger partial charge in [-0.25, -0.2) is 4.98 Å². The number of hydrogen-bond donors (Lipinski definition) is 1. The SMILES string of the molecule is C/N=C1\N(C)CC(c2cnc(Cl)s2)N1/C(O)=C(\C=O)c1cccc(I)c1. The number of carbonyl (C=O) groups excluding carboxylic acids is 1. The van der Waals surface area contributed by atoms with Gasteiger partial charge in [0.05, 0.1) is 16.5 Å². The molecule has 2 aromatic rings. The van der Waals surface area contributed by atoms with Gasteiger partial charge in [-0.2, -0.15) is 0 Å². The van der Waals surface area contributed by atoms with Gasteiger partial charge in [0, 0.05) is 30.4 Å². The van der Waals surface area contributed by atoms with Gasteiger partial charge < -0.3 is 10.0 Å². The third-order valence-corrected chi connectivity index (χ3v) is 5.95. The lowest BCUT2D eigenvalue weighted by molar-refractivity contribution is -0.103. The van der Waals surface area contributed by atoms with Crippen LogP contribution in [-0.4, -0.2) is 52.8 Å². The lowest BCUT2D eigenvalue weighted by atomic mass is 10.1. The first-order chi connectivity index (χ1) is 12.5. The minimum Gasteiger partial charge on any atom is -0.494 e. The Morgan fingerprint density at radius 1 is 1.54 bits per heavy atom. The van der Waals surface area contributed by atoms with Crippen LogP contribution in [0.3, 0.4) is 0 Å². The third kappa shape index (κ3) is 3.58. The van der Waals surface area contributed by atoms with E-state index in [1.165, 1.54) is 11.3 Å². The molecule has 0 bridgehead atoms. The molecule has 0 saturated carbocycles. The van der Waals surface area contributed by atoms with Crippen molar-refractivity contribution in [3.63, 3.8) is 0 Å². The monoisotopic (exact) mass is 502 g/mol. The van der Waals surface area contributed by atoms with Crippen LogP contribution in [0.1, 0.15) is 16.5 Å². The van der Waals surface area contributed by atoms with Crippen molar-refractivity contribution in [1.82, 2.24) is 14.8 Å². The second-order valence-corrected chi connectivity index (χ2v) is 8.56. The minimum atomic E-state index is -0.235. The predicted octanol–water partition coefficient (Wildman–Crippen LogP) is 3.80. The summed E-state index contributed by atoms with van der Waals surface area (Å²) in [6.07, 6.45) is 2.36. The fraction of sp³-hybridized carbons (Fsp3) is 0.235. The quantitative estimate of drug-likeness (QED) is 0.298. The average Bonchev–Trinajstić information content (AvgIpc) is 3.18. The van der Waals surface area contributed by atoms with E-state index in [4.69, 9.17) is 11.6 Å². The minimum absolute atomic E-state index is 0.138. The van der Waals surface area contributed by atoms with Gasteiger partial charge >= 0.3 is 0 Å². The summed E-state index contributed by atoms with van der Waals surface area (Å²) in [5.74, 6) is 0.434. The van der Waals surface area contributed by atoms with Crippen LogP contribution in [0.5, 0.6) is 0 Å². The van der Waals surface area contributed by atoms with Gasteiger partial charge in [-0.15, -0.1) is 11.3 Å². The first kappa shape index (κ1) is 19.1. The normalized spacial score (nSPS) is 19.8. The van der Waals surface area contributed by atoms with Gasteiger partial charge in [-0.3, -0.25) is 14.7 Å². The topological polar surface area (TPSA) is 69.0 Å². The molecule has 1 aromatic heterocycles. The average molecular weight is 503 g/mol. The van der Waals surface area contributed by atoms with Crippen LogP contribution in [0, 0.1) is 3.57 Å². The van der Waals surface area contributed by atoms with E-state index in [2.05, 4.69) is 32.6 Å². The smallest absolute Gasteiger partial charge is 0.205 e. The number of benzene rings is 1.